The fourth-order valence-electron chi connectivity index (χ4n) is 3.15. The number of amides is 3. The number of halogens is 1. The average Bonchev–Trinajstić information content (AvgIpc) is 2.67. The molecule has 0 spiro atoms. The minimum atomic E-state index is -0.387. The van der Waals surface area contributed by atoms with Crippen molar-refractivity contribution in [3.63, 3.8) is 0 Å². The van der Waals surface area contributed by atoms with E-state index >= 15 is 0 Å². The number of hydrogen-bond donors (Lipinski definition) is 3. The molecule has 7 heteroatoms. The van der Waals surface area contributed by atoms with Gasteiger partial charge in [0.05, 0.1) is 0 Å². The van der Waals surface area contributed by atoms with Gasteiger partial charge < -0.3 is 20.9 Å². The molecular formula is C20H23FN4O2. The van der Waals surface area contributed by atoms with Crippen LogP contribution in [0.4, 0.5) is 20.6 Å². The molecule has 1 aliphatic rings. The van der Waals surface area contributed by atoms with E-state index in [4.69, 9.17) is 0 Å². The highest BCUT2D eigenvalue weighted by Gasteiger charge is 2.22. The third-order valence-electron chi connectivity index (χ3n) is 4.56. The number of rotatable bonds is 5. The first-order valence-corrected chi connectivity index (χ1v) is 8.93. The van der Waals surface area contributed by atoms with E-state index in [9.17, 15) is 14.0 Å². The van der Waals surface area contributed by atoms with Crippen molar-refractivity contribution < 1.29 is 14.0 Å². The predicted molar refractivity (Wildman–Crippen MR) is 103 cm³/mol. The van der Waals surface area contributed by atoms with Crippen LogP contribution < -0.4 is 16.0 Å². The monoisotopic (exact) mass is 370 g/mol. The molecule has 0 saturated carbocycles. The summed E-state index contributed by atoms with van der Waals surface area (Å²) in [4.78, 5) is 26.3. The van der Waals surface area contributed by atoms with E-state index in [1.54, 1.807) is 0 Å². The van der Waals surface area contributed by atoms with Crippen molar-refractivity contribution in [2.45, 2.75) is 19.4 Å². The summed E-state index contributed by atoms with van der Waals surface area (Å²) in [6, 6.07) is 10.9. The predicted octanol–water partition coefficient (Wildman–Crippen LogP) is 2.96. The van der Waals surface area contributed by atoms with Gasteiger partial charge in [-0.2, -0.15) is 0 Å². The zero-order valence-electron chi connectivity index (χ0n) is 15.2. The topological polar surface area (TPSA) is 73.5 Å². The van der Waals surface area contributed by atoms with Crippen molar-refractivity contribution in [1.29, 1.82) is 0 Å². The smallest absolute Gasteiger partial charge is 0.323 e. The number of fused-ring (bicyclic) bond motifs is 1. The van der Waals surface area contributed by atoms with Gasteiger partial charge in [0.25, 0.3) is 0 Å². The Hall–Kier alpha value is -2.93. The molecule has 0 saturated heterocycles. The van der Waals surface area contributed by atoms with Gasteiger partial charge in [0, 0.05) is 37.4 Å². The van der Waals surface area contributed by atoms with Crippen LogP contribution in [0.3, 0.4) is 0 Å². The normalized spacial score (nSPS) is 13.0. The average molecular weight is 370 g/mol. The maximum atomic E-state index is 13.0. The standard InChI is InChI=1S/C20H23FN4O2/c1-22-11-9-19(26)25-12-10-17-14(13-25)3-2-4-18(17)24-20(27)23-16-7-5-15(21)6-8-16/h2-8,22H,9-13H2,1H3,(H2,23,24,27). The molecule has 3 rings (SSSR count). The summed E-state index contributed by atoms with van der Waals surface area (Å²) in [6.07, 6.45) is 1.16. The molecule has 142 valence electrons. The number of anilines is 2. The molecule has 1 aliphatic heterocycles. The van der Waals surface area contributed by atoms with Crippen molar-refractivity contribution in [2.24, 2.45) is 0 Å². The van der Waals surface area contributed by atoms with E-state index < -0.39 is 0 Å². The van der Waals surface area contributed by atoms with Gasteiger partial charge in [-0.25, -0.2) is 9.18 Å². The van der Waals surface area contributed by atoms with Crippen molar-refractivity contribution in [2.75, 3.05) is 30.8 Å². The molecule has 1 heterocycles. The van der Waals surface area contributed by atoms with Crippen LogP contribution in [-0.4, -0.2) is 37.0 Å². The molecule has 0 radical (unpaired) electrons. The third-order valence-corrected chi connectivity index (χ3v) is 4.56. The minimum Gasteiger partial charge on any atom is -0.338 e. The number of nitrogens with one attached hydrogen (secondary N) is 3. The molecule has 6 nitrogen and oxygen atoms in total. The van der Waals surface area contributed by atoms with Gasteiger partial charge in [0.2, 0.25) is 5.91 Å². The van der Waals surface area contributed by atoms with Gasteiger partial charge in [-0.1, -0.05) is 12.1 Å². The van der Waals surface area contributed by atoms with E-state index in [1.807, 2.05) is 30.1 Å². The molecule has 3 amide bonds. The maximum absolute atomic E-state index is 13.0. The van der Waals surface area contributed by atoms with Gasteiger partial charge in [-0.3, -0.25) is 4.79 Å². The van der Waals surface area contributed by atoms with Crippen LogP contribution in [0.15, 0.2) is 42.5 Å². The Labute approximate surface area is 157 Å². The molecule has 0 aliphatic carbocycles. The zero-order valence-corrected chi connectivity index (χ0v) is 15.2. The number of benzene rings is 2. The summed E-state index contributed by atoms with van der Waals surface area (Å²) in [7, 11) is 1.83. The second-order valence-corrected chi connectivity index (χ2v) is 6.45. The zero-order chi connectivity index (χ0) is 19.2. The molecule has 27 heavy (non-hydrogen) atoms. The highest BCUT2D eigenvalue weighted by molar-refractivity contribution is 6.00. The Morgan fingerprint density at radius 3 is 2.63 bits per heavy atom. The van der Waals surface area contributed by atoms with Gasteiger partial charge in [-0.15, -0.1) is 0 Å². The summed E-state index contributed by atoms with van der Waals surface area (Å²) >= 11 is 0. The second-order valence-electron chi connectivity index (χ2n) is 6.45. The fourth-order valence-corrected chi connectivity index (χ4v) is 3.15. The molecule has 0 fully saturated rings. The van der Waals surface area contributed by atoms with Crippen LogP contribution in [0, 0.1) is 5.82 Å². The van der Waals surface area contributed by atoms with Crippen LogP contribution in [0.25, 0.3) is 0 Å². The maximum Gasteiger partial charge on any atom is 0.323 e. The molecule has 3 N–H and O–H groups in total. The first-order chi connectivity index (χ1) is 13.1. The summed E-state index contributed by atoms with van der Waals surface area (Å²) < 4.78 is 13.0. The molecule has 0 bridgehead atoms. The van der Waals surface area contributed by atoms with Crippen molar-refractivity contribution in [1.82, 2.24) is 10.2 Å². The van der Waals surface area contributed by atoms with E-state index in [0.29, 0.717) is 38.2 Å². The first-order valence-electron chi connectivity index (χ1n) is 8.93. The first kappa shape index (κ1) is 18.8. The van der Waals surface area contributed by atoms with Crippen LogP contribution in [0.5, 0.6) is 0 Å². The number of carbonyl (C=O) groups is 2. The quantitative estimate of drug-likeness (QED) is 0.758. The summed E-state index contributed by atoms with van der Waals surface area (Å²) in [5.41, 5.74) is 3.33. The SMILES string of the molecule is CNCCC(=O)N1CCc2c(cccc2NC(=O)Nc2ccc(F)cc2)C1. The summed E-state index contributed by atoms with van der Waals surface area (Å²) in [6.45, 7) is 1.84. The summed E-state index contributed by atoms with van der Waals surface area (Å²) in [5, 5.41) is 8.53. The van der Waals surface area contributed by atoms with Gasteiger partial charge >= 0.3 is 6.03 Å². The van der Waals surface area contributed by atoms with Crippen molar-refractivity contribution in [3.05, 3.63) is 59.4 Å². The highest BCUT2D eigenvalue weighted by atomic mass is 19.1. The number of carbonyl (C=O) groups excluding carboxylic acids is 2. The number of hydrogen-bond acceptors (Lipinski definition) is 3. The van der Waals surface area contributed by atoms with E-state index in [0.717, 1.165) is 16.8 Å². The van der Waals surface area contributed by atoms with Crippen LogP contribution in [0.2, 0.25) is 0 Å². The number of urea groups is 1. The van der Waals surface area contributed by atoms with Crippen LogP contribution in [-0.2, 0) is 17.8 Å². The lowest BCUT2D eigenvalue weighted by atomic mass is 9.97. The van der Waals surface area contributed by atoms with Crippen molar-refractivity contribution in [3.8, 4) is 0 Å². The van der Waals surface area contributed by atoms with Gasteiger partial charge in [0.1, 0.15) is 5.82 Å². The lowest BCUT2D eigenvalue weighted by Crippen LogP contribution is -2.37. The molecule has 0 atom stereocenters. The van der Waals surface area contributed by atoms with E-state index in [2.05, 4.69) is 16.0 Å². The van der Waals surface area contributed by atoms with Crippen LogP contribution >= 0.6 is 0 Å². The largest absolute Gasteiger partial charge is 0.338 e. The van der Waals surface area contributed by atoms with E-state index in [-0.39, 0.29) is 17.8 Å². The molecule has 2 aromatic carbocycles. The Morgan fingerprint density at radius 1 is 1.11 bits per heavy atom. The second kappa shape index (κ2) is 8.64. The molecule has 2 aromatic rings. The minimum absolute atomic E-state index is 0.127. The molecule has 0 unspecified atom stereocenters. The van der Waals surface area contributed by atoms with Gasteiger partial charge in [-0.05, 0) is 54.9 Å². The number of nitrogens with zero attached hydrogens (tertiary/aromatic N) is 1. The Morgan fingerprint density at radius 2 is 1.89 bits per heavy atom. The van der Waals surface area contributed by atoms with Gasteiger partial charge in [0.15, 0.2) is 0 Å². The van der Waals surface area contributed by atoms with Crippen LogP contribution in [0.1, 0.15) is 17.5 Å². The molecular weight excluding hydrogens is 347 g/mol. The fraction of sp³-hybridized carbons (Fsp3) is 0.300. The van der Waals surface area contributed by atoms with Crippen molar-refractivity contribution >= 4 is 23.3 Å². The van der Waals surface area contributed by atoms with E-state index in [1.165, 1.54) is 24.3 Å². The summed E-state index contributed by atoms with van der Waals surface area (Å²) in [5.74, 6) is -0.227. The Bertz CT molecular complexity index is 823. The third kappa shape index (κ3) is 4.83. The Kier molecular flexibility index (Phi) is 6.03. The highest BCUT2D eigenvalue weighted by Crippen LogP contribution is 2.26. The Balaban J connectivity index is 1.65. The lowest BCUT2D eigenvalue weighted by Gasteiger charge is -2.30. The molecule has 0 aromatic heterocycles. The lowest BCUT2D eigenvalue weighted by molar-refractivity contribution is -0.132.